The van der Waals surface area contributed by atoms with Gasteiger partial charge in [-0.1, -0.05) is 48.0 Å². The maximum absolute atomic E-state index is 13.2. The van der Waals surface area contributed by atoms with Gasteiger partial charge in [-0.2, -0.15) is 0 Å². The van der Waals surface area contributed by atoms with Gasteiger partial charge in [0.15, 0.2) is 0 Å². The second kappa shape index (κ2) is 8.64. The average Bonchev–Trinajstić information content (AvgIpc) is 2.72. The Bertz CT molecular complexity index is 1080. The van der Waals surface area contributed by atoms with Crippen LogP contribution in [0, 0.1) is 18.9 Å². The maximum Gasteiger partial charge on any atom is 0.271 e. The molecule has 0 aliphatic carbocycles. The summed E-state index contributed by atoms with van der Waals surface area (Å²) in [5.41, 5.74) is 2.57. The standard InChI is InChI=1S/C23H21NO3S/c1-19-8-14-23(15-9-19)28(25,26)24(17-16-20-6-4-3-5-7-20)18-21-10-12-22(27-2)13-11-21/h3-15H,18H2,1-2H3. The summed E-state index contributed by atoms with van der Waals surface area (Å²) in [5.74, 6) is 3.66. The number of ether oxygens (including phenoxy) is 1. The van der Waals surface area contributed by atoms with Gasteiger partial charge in [0.05, 0.1) is 18.6 Å². The fourth-order valence-corrected chi connectivity index (χ4v) is 3.79. The highest BCUT2D eigenvalue weighted by Gasteiger charge is 2.22. The van der Waals surface area contributed by atoms with E-state index in [4.69, 9.17) is 4.74 Å². The van der Waals surface area contributed by atoms with Gasteiger partial charge in [0.2, 0.25) is 0 Å². The maximum atomic E-state index is 13.2. The summed E-state index contributed by atoms with van der Waals surface area (Å²) in [6.45, 7) is 2.06. The van der Waals surface area contributed by atoms with Crippen LogP contribution in [-0.4, -0.2) is 19.8 Å². The molecule has 0 fully saturated rings. The van der Waals surface area contributed by atoms with E-state index in [1.807, 2.05) is 49.4 Å². The Morgan fingerprint density at radius 2 is 1.54 bits per heavy atom. The molecular formula is C23H21NO3S. The van der Waals surface area contributed by atoms with Crippen LogP contribution in [0.5, 0.6) is 5.75 Å². The lowest BCUT2D eigenvalue weighted by Crippen LogP contribution is -2.26. The Kier molecular flexibility index (Phi) is 6.03. The van der Waals surface area contributed by atoms with Crippen LogP contribution in [0.25, 0.3) is 0 Å². The van der Waals surface area contributed by atoms with Crippen LogP contribution in [0.15, 0.2) is 83.8 Å². The van der Waals surface area contributed by atoms with E-state index in [0.29, 0.717) is 5.75 Å². The first-order valence-corrected chi connectivity index (χ1v) is 10.2. The van der Waals surface area contributed by atoms with Gasteiger partial charge >= 0.3 is 0 Å². The Hall–Kier alpha value is -3.23. The quantitative estimate of drug-likeness (QED) is 0.484. The van der Waals surface area contributed by atoms with Gasteiger partial charge in [0.25, 0.3) is 10.0 Å². The van der Waals surface area contributed by atoms with Crippen LogP contribution in [0.2, 0.25) is 0 Å². The van der Waals surface area contributed by atoms with E-state index in [0.717, 1.165) is 16.7 Å². The summed E-state index contributed by atoms with van der Waals surface area (Å²) in [4.78, 5) is 0.217. The van der Waals surface area contributed by atoms with Crippen LogP contribution in [-0.2, 0) is 16.6 Å². The molecule has 4 nitrogen and oxygen atoms in total. The Morgan fingerprint density at radius 3 is 2.14 bits per heavy atom. The fourth-order valence-electron chi connectivity index (χ4n) is 2.57. The third-order valence-corrected chi connectivity index (χ3v) is 5.86. The monoisotopic (exact) mass is 391 g/mol. The van der Waals surface area contributed by atoms with E-state index in [9.17, 15) is 8.42 Å². The molecule has 0 aromatic heterocycles. The number of methoxy groups -OCH3 is 1. The molecule has 0 bridgehead atoms. The van der Waals surface area contributed by atoms with Gasteiger partial charge in [-0.15, -0.1) is 0 Å². The molecule has 142 valence electrons. The molecule has 3 rings (SSSR count). The second-order valence-electron chi connectivity index (χ2n) is 6.28. The summed E-state index contributed by atoms with van der Waals surface area (Å²) < 4.78 is 32.7. The van der Waals surface area contributed by atoms with Gasteiger partial charge < -0.3 is 4.74 Å². The zero-order valence-electron chi connectivity index (χ0n) is 15.8. The van der Waals surface area contributed by atoms with Crippen molar-refractivity contribution in [3.8, 4) is 17.7 Å². The van der Waals surface area contributed by atoms with Crippen LogP contribution in [0.3, 0.4) is 0 Å². The van der Waals surface area contributed by atoms with Crippen molar-refractivity contribution in [1.82, 2.24) is 4.31 Å². The minimum absolute atomic E-state index is 0.139. The lowest BCUT2D eigenvalue weighted by atomic mass is 10.2. The van der Waals surface area contributed by atoms with Crippen LogP contribution >= 0.6 is 0 Å². The normalized spacial score (nSPS) is 10.6. The minimum Gasteiger partial charge on any atom is -0.497 e. The number of nitrogens with zero attached hydrogens (tertiary/aromatic N) is 1. The van der Waals surface area contributed by atoms with Crippen molar-refractivity contribution in [2.24, 2.45) is 0 Å². The van der Waals surface area contributed by atoms with Crippen molar-refractivity contribution < 1.29 is 13.2 Å². The molecule has 0 aliphatic rings. The minimum atomic E-state index is -3.77. The zero-order valence-corrected chi connectivity index (χ0v) is 16.6. The lowest BCUT2D eigenvalue weighted by molar-refractivity contribution is 0.414. The van der Waals surface area contributed by atoms with Crippen molar-refractivity contribution in [3.05, 3.63) is 95.6 Å². The average molecular weight is 391 g/mol. The number of hydrogen-bond donors (Lipinski definition) is 0. The first-order valence-electron chi connectivity index (χ1n) is 8.78. The molecule has 0 radical (unpaired) electrons. The van der Waals surface area contributed by atoms with E-state index in [-0.39, 0.29) is 11.4 Å². The summed E-state index contributed by atoms with van der Waals surface area (Å²) in [5, 5.41) is 0. The number of aryl methyl sites for hydroxylation is 1. The number of hydrogen-bond acceptors (Lipinski definition) is 3. The Labute approximate surface area is 166 Å². The third kappa shape index (κ3) is 4.73. The topological polar surface area (TPSA) is 46.6 Å². The first-order chi connectivity index (χ1) is 13.5. The Balaban J connectivity index is 1.97. The molecule has 5 heteroatoms. The molecule has 0 heterocycles. The van der Waals surface area contributed by atoms with E-state index in [2.05, 4.69) is 12.0 Å². The van der Waals surface area contributed by atoms with E-state index in [1.165, 1.54) is 4.31 Å². The number of sulfonamides is 1. The summed E-state index contributed by atoms with van der Waals surface area (Å²) >= 11 is 0. The van der Waals surface area contributed by atoms with E-state index in [1.54, 1.807) is 43.5 Å². The molecular weight excluding hydrogens is 370 g/mol. The van der Waals surface area contributed by atoms with Crippen molar-refractivity contribution in [2.75, 3.05) is 7.11 Å². The van der Waals surface area contributed by atoms with Crippen molar-refractivity contribution in [2.45, 2.75) is 18.4 Å². The zero-order chi connectivity index (χ0) is 20.0. The van der Waals surface area contributed by atoms with Gasteiger partial charge in [0, 0.05) is 11.6 Å². The highest BCUT2D eigenvalue weighted by Crippen LogP contribution is 2.20. The first kappa shape index (κ1) is 19.5. The molecule has 0 unspecified atom stereocenters. The third-order valence-electron chi connectivity index (χ3n) is 4.19. The molecule has 0 N–H and O–H groups in total. The smallest absolute Gasteiger partial charge is 0.271 e. The van der Waals surface area contributed by atoms with Crippen molar-refractivity contribution in [3.63, 3.8) is 0 Å². The van der Waals surface area contributed by atoms with Gasteiger partial charge in [-0.25, -0.2) is 12.7 Å². The summed E-state index contributed by atoms with van der Waals surface area (Å²) in [6, 6.07) is 26.2. The molecule has 0 amide bonds. The molecule has 0 atom stereocenters. The summed E-state index contributed by atoms with van der Waals surface area (Å²) in [7, 11) is -2.18. The van der Waals surface area contributed by atoms with E-state index >= 15 is 0 Å². The predicted molar refractivity (Wildman–Crippen MR) is 110 cm³/mol. The second-order valence-corrected chi connectivity index (χ2v) is 8.14. The van der Waals surface area contributed by atoms with Gasteiger partial charge in [-0.05, 0) is 54.8 Å². The van der Waals surface area contributed by atoms with Crippen LogP contribution < -0.4 is 4.74 Å². The SMILES string of the molecule is COc1ccc(CN(C#Cc2ccccc2)S(=O)(=O)c2ccc(C)cc2)cc1. The summed E-state index contributed by atoms with van der Waals surface area (Å²) in [6.07, 6.45) is 0. The molecule has 0 saturated heterocycles. The van der Waals surface area contributed by atoms with Gasteiger partial charge in [-0.3, -0.25) is 0 Å². The molecule has 28 heavy (non-hydrogen) atoms. The molecule has 0 saturated carbocycles. The van der Waals surface area contributed by atoms with Crippen molar-refractivity contribution in [1.29, 1.82) is 0 Å². The molecule has 3 aromatic rings. The lowest BCUT2D eigenvalue weighted by Gasteiger charge is -2.18. The fraction of sp³-hybridized carbons (Fsp3) is 0.130. The predicted octanol–water partition coefficient (Wildman–Crippen LogP) is 4.20. The molecule has 3 aromatic carbocycles. The molecule has 0 spiro atoms. The van der Waals surface area contributed by atoms with Crippen molar-refractivity contribution >= 4 is 10.0 Å². The highest BCUT2D eigenvalue weighted by molar-refractivity contribution is 7.89. The number of benzene rings is 3. The largest absolute Gasteiger partial charge is 0.497 e. The number of rotatable bonds is 5. The van der Waals surface area contributed by atoms with Gasteiger partial charge in [0.1, 0.15) is 5.75 Å². The van der Waals surface area contributed by atoms with Crippen LogP contribution in [0.4, 0.5) is 0 Å². The molecule has 0 aliphatic heterocycles. The van der Waals surface area contributed by atoms with Crippen LogP contribution in [0.1, 0.15) is 16.7 Å². The Morgan fingerprint density at radius 1 is 0.893 bits per heavy atom. The van der Waals surface area contributed by atoms with E-state index < -0.39 is 10.0 Å². The highest BCUT2D eigenvalue weighted by atomic mass is 32.2.